The van der Waals surface area contributed by atoms with Crippen LogP contribution in [0.25, 0.3) is 0 Å². The molecule has 1 saturated carbocycles. The van der Waals surface area contributed by atoms with E-state index in [1.807, 2.05) is 7.05 Å². The van der Waals surface area contributed by atoms with Crippen LogP contribution in [-0.2, 0) is 6.54 Å². The van der Waals surface area contributed by atoms with Crippen molar-refractivity contribution in [1.82, 2.24) is 20.0 Å². The number of nitrogens with one attached hydrogen (secondary N) is 1. The Kier molecular flexibility index (Phi) is 4.18. The summed E-state index contributed by atoms with van der Waals surface area (Å²) in [5, 5.41) is 8.11. The SMILES string of the molecule is CNCC1CCCN1Cc1ccn(C2CCCC2)n1. The number of rotatable bonds is 5. The first-order valence-corrected chi connectivity index (χ1v) is 7.79. The second-order valence-electron chi connectivity index (χ2n) is 6.05. The van der Waals surface area contributed by atoms with Crippen molar-refractivity contribution in [2.75, 3.05) is 20.1 Å². The minimum atomic E-state index is 0.667. The monoisotopic (exact) mass is 262 g/mol. The van der Waals surface area contributed by atoms with E-state index in [4.69, 9.17) is 5.10 Å². The van der Waals surface area contributed by atoms with Gasteiger partial charge in [-0.3, -0.25) is 9.58 Å². The number of hydrogen-bond acceptors (Lipinski definition) is 3. The molecule has 1 aliphatic heterocycles. The highest BCUT2D eigenvalue weighted by atomic mass is 15.3. The van der Waals surface area contributed by atoms with Crippen molar-refractivity contribution in [2.45, 2.75) is 57.2 Å². The van der Waals surface area contributed by atoms with Crippen LogP contribution >= 0.6 is 0 Å². The topological polar surface area (TPSA) is 33.1 Å². The van der Waals surface area contributed by atoms with Gasteiger partial charge in [-0.2, -0.15) is 5.10 Å². The molecule has 1 N–H and O–H groups in total. The van der Waals surface area contributed by atoms with E-state index in [0.717, 1.165) is 13.1 Å². The summed E-state index contributed by atoms with van der Waals surface area (Å²) in [7, 11) is 2.05. The minimum Gasteiger partial charge on any atom is -0.318 e. The lowest BCUT2D eigenvalue weighted by Gasteiger charge is -2.23. The first-order valence-electron chi connectivity index (χ1n) is 7.79. The van der Waals surface area contributed by atoms with Gasteiger partial charge in [0.05, 0.1) is 11.7 Å². The summed E-state index contributed by atoms with van der Waals surface area (Å²) in [6.07, 6.45) is 10.2. The molecule has 3 rings (SSSR count). The van der Waals surface area contributed by atoms with Crippen LogP contribution in [-0.4, -0.2) is 40.9 Å². The first-order chi connectivity index (χ1) is 9.36. The van der Waals surface area contributed by atoms with Gasteiger partial charge in [0, 0.05) is 25.3 Å². The zero-order valence-corrected chi connectivity index (χ0v) is 12.0. The van der Waals surface area contributed by atoms with Gasteiger partial charge in [0.2, 0.25) is 0 Å². The van der Waals surface area contributed by atoms with Crippen LogP contribution in [0.4, 0.5) is 0 Å². The molecule has 1 saturated heterocycles. The third-order valence-electron chi connectivity index (χ3n) is 4.67. The van der Waals surface area contributed by atoms with Crippen LogP contribution in [0.1, 0.15) is 50.3 Å². The molecule has 4 heteroatoms. The van der Waals surface area contributed by atoms with Gasteiger partial charge in [-0.15, -0.1) is 0 Å². The normalized spacial score (nSPS) is 25.4. The van der Waals surface area contributed by atoms with Crippen molar-refractivity contribution in [1.29, 1.82) is 0 Å². The van der Waals surface area contributed by atoms with Gasteiger partial charge in [-0.05, 0) is 45.3 Å². The molecule has 1 aromatic heterocycles. The standard InChI is InChI=1S/C15H26N4/c1-16-11-15-7-4-9-18(15)12-13-8-10-19(17-13)14-5-2-3-6-14/h8,10,14-16H,2-7,9,11-12H2,1H3. The maximum Gasteiger partial charge on any atom is 0.0765 e. The fraction of sp³-hybridized carbons (Fsp3) is 0.800. The number of aromatic nitrogens is 2. The molecule has 2 heterocycles. The Hall–Kier alpha value is -0.870. The first kappa shape index (κ1) is 13.1. The molecule has 0 radical (unpaired) electrons. The van der Waals surface area contributed by atoms with Gasteiger partial charge in [-0.1, -0.05) is 12.8 Å². The Morgan fingerprint density at radius 1 is 1.26 bits per heavy atom. The Labute approximate surface area is 116 Å². The zero-order chi connectivity index (χ0) is 13.1. The zero-order valence-electron chi connectivity index (χ0n) is 12.0. The van der Waals surface area contributed by atoms with Gasteiger partial charge in [0.15, 0.2) is 0 Å². The summed E-state index contributed by atoms with van der Waals surface area (Å²) >= 11 is 0. The predicted octanol–water partition coefficient (Wildman–Crippen LogP) is 2.18. The summed E-state index contributed by atoms with van der Waals surface area (Å²) in [5.74, 6) is 0. The fourth-order valence-corrected chi connectivity index (χ4v) is 3.61. The Morgan fingerprint density at radius 2 is 2.11 bits per heavy atom. The van der Waals surface area contributed by atoms with Crippen LogP contribution in [0, 0.1) is 0 Å². The Balaban J connectivity index is 1.60. The highest BCUT2D eigenvalue weighted by molar-refractivity contribution is 5.01. The molecule has 1 aliphatic carbocycles. The molecule has 1 unspecified atom stereocenters. The van der Waals surface area contributed by atoms with E-state index in [1.165, 1.54) is 50.8 Å². The number of likely N-dealkylation sites (tertiary alicyclic amines) is 1. The second kappa shape index (κ2) is 6.06. The van der Waals surface area contributed by atoms with Crippen molar-refractivity contribution >= 4 is 0 Å². The quantitative estimate of drug-likeness (QED) is 0.883. The van der Waals surface area contributed by atoms with Crippen LogP contribution in [0.15, 0.2) is 12.3 Å². The summed E-state index contributed by atoms with van der Waals surface area (Å²) < 4.78 is 2.21. The molecule has 0 amide bonds. The van der Waals surface area contributed by atoms with E-state index >= 15 is 0 Å². The second-order valence-corrected chi connectivity index (χ2v) is 6.05. The number of likely N-dealkylation sites (N-methyl/N-ethyl adjacent to an activating group) is 1. The maximum atomic E-state index is 4.80. The van der Waals surface area contributed by atoms with E-state index in [-0.39, 0.29) is 0 Å². The average Bonchev–Trinajstić information content (AvgIpc) is 3.12. The minimum absolute atomic E-state index is 0.667. The highest BCUT2D eigenvalue weighted by Crippen LogP contribution is 2.29. The maximum absolute atomic E-state index is 4.80. The van der Waals surface area contributed by atoms with Crippen LogP contribution in [0.5, 0.6) is 0 Å². The molecule has 4 nitrogen and oxygen atoms in total. The van der Waals surface area contributed by atoms with Crippen molar-refractivity contribution in [2.24, 2.45) is 0 Å². The number of hydrogen-bond donors (Lipinski definition) is 1. The molecular formula is C15H26N4. The van der Waals surface area contributed by atoms with Crippen molar-refractivity contribution in [3.05, 3.63) is 18.0 Å². The van der Waals surface area contributed by atoms with Crippen LogP contribution in [0.2, 0.25) is 0 Å². The molecule has 0 aromatic carbocycles. The van der Waals surface area contributed by atoms with E-state index < -0.39 is 0 Å². The molecule has 1 atom stereocenters. The highest BCUT2D eigenvalue weighted by Gasteiger charge is 2.25. The predicted molar refractivity (Wildman–Crippen MR) is 77.1 cm³/mol. The van der Waals surface area contributed by atoms with Gasteiger partial charge in [-0.25, -0.2) is 0 Å². The molecule has 0 spiro atoms. The van der Waals surface area contributed by atoms with Gasteiger partial charge < -0.3 is 5.32 Å². The van der Waals surface area contributed by atoms with Crippen LogP contribution in [0.3, 0.4) is 0 Å². The Bertz CT molecular complexity index is 395. The lowest BCUT2D eigenvalue weighted by molar-refractivity contribution is 0.238. The summed E-state index contributed by atoms with van der Waals surface area (Å²) in [5.41, 5.74) is 1.25. The largest absolute Gasteiger partial charge is 0.318 e. The molecule has 106 valence electrons. The number of nitrogens with zero attached hydrogens (tertiary/aromatic N) is 3. The van der Waals surface area contributed by atoms with Gasteiger partial charge in [0.25, 0.3) is 0 Å². The van der Waals surface area contributed by atoms with E-state index in [0.29, 0.717) is 12.1 Å². The molecular weight excluding hydrogens is 236 g/mol. The van der Waals surface area contributed by atoms with E-state index in [2.05, 4.69) is 27.2 Å². The van der Waals surface area contributed by atoms with Gasteiger partial charge in [0.1, 0.15) is 0 Å². The molecule has 0 bridgehead atoms. The third kappa shape index (κ3) is 3.00. The molecule has 19 heavy (non-hydrogen) atoms. The summed E-state index contributed by atoms with van der Waals surface area (Å²) in [6, 6.07) is 3.58. The van der Waals surface area contributed by atoms with E-state index in [9.17, 15) is 0 Å². The fourth-order valence-electron chi connectivity index (χ4n) is 3.61. The molecule has 2 aliphatic rings. The summed E-state index contributed by atoms with van der Waals surface area (Å²) in [4.78, 5) is 2.58. The lowest BCUT2D eigenvalue weighted by atomic mass is 10.2. The van der Waals surface area contributed by atoms with Crippen molar-refractivity contribution in [3.8, 4) is 0 Å². The molecule has 2 fully saturated rings. The van der Waals surface area contributed by atoms with E-state index in [1.54, 1.807) is 0 Å². The van der Waals surface area contributed by atoms with Crippen LogP contribution < -0.4 is 5.32 Å². The molecule has 1 aromatic rings. The smallest absolute Gasteiger partial charge is 0.0765 e. The van der Waals surface area contributed by atoms with Crippen molar-refractivity contribution in [3.63, 3.8) is 0 Å². The Morgan fingerprint density at radius 3 is 2.89 bits per heavy atom. The summed E-state index contributed by atoms with van der Waals surface area (Å²) in [6.45, 7) is 3.35. The lowest BCUT2D eigenvalue weighted by Crippen LogP contribution is -2.36. The third-order valence-corrected chi connectivity index (χ3v) is 4.67. The van der Waals surface area contributed by atoms with Crippen molar-refractivity contribution < 1.29 is 0 Å². The average molecular weight is 262 g/mol. The van der Waals surface area contributed by atoms with Gasteiger partial charge >= 0.3 is 0 Å².